The van der Waals surface area contributed by atoms with E-state index in [1.54, 1.807) is 18.2 Å². The van der Waals surface area contributed by atoms with E-state index in [1.165, 1.54) is 42.8 Å². The summed E-state index contributed by atoms with van der Waals surface area (Å²) < 4.78 is 56.4. The molecule has 1 heterocycles. The molecule has 0 aromatic heterocycles. The second-order valence-electron chi connectivity index (χ2n) is 6.19. The molecule has 0 amide bonds. The number of halogens is 1. The summed E-state index contributed by atoms with van der Waals surface area (Å²) >= 11 is 0. The molecule has 6 nitrogen and oxygen atoms in total. The number of benzene rings is 2. The zero-order chi connectivity index (χ0) is 19.4. The van der Waals surface area contributed by atoms with Gasteiger partial charge in [-0.25, -0.2) is 12.8 Å². The molecule has 1 fully saturated rings. The van der Waals surface area contributed by atoms with Gasteiger partial charge in [0.2, 0.25) is 10.0 Å². The third kappa shape index (κ3) is 4.33. The quantitative estimate of drug-likeness (QED) is 0.752. The van der Waals surface area contributed by atoms with Gasteiger partial charge in [0.1, 0.15) is 17.7 Å². The van der Waals surface area contributed by atoms with Crippen LogP contribution in [0.2, 0.25) is 0 Å². The van der Waals surface area contributed by atoms with Crippen LogP contribution in [0.4, 0.5) is 4.39 Å². The predicted octanol–water partition coefficient (Wildman–Crippen LogP) is 3.08. The van der Waals surface area contributed by atoms with E-state index in [-0.39, 0.29) is 16.8 Å². The third-order valence-electron chi connectivity index (χ3n) is 4.51. The van der Waals surface area contributed by atoms with Gasteiger partial charge in [-0.15, -0.1) is 0 Å². The summed E-state index contributed by atoms with van der Waals surface area (Å²) in [7, 11) is -0.666. The summed E-state index contributed by atoms with van der Waals surface area (Å²) in [6.07, 6.45) is 1.01. The minimum Gasteiger partial charge on any atom is -0.493 e. The Morgan fingerprint density at radius 1 is 0.963 bits per heavy atom. The van der Waals surface area contributed by atoms with Gasteiger partial charge < -0.3 is 14.2 Å². The molecule has 0 atom stereocenters. The summed E-state index contributed by atoms with van der Waals surface area (Å²) in [5, 5.41) is 0. The Kier molecular flexibility index (Phi) is 5.86. The first-order chi connectivity index (χ1) is 12.9. The number of sulfonamides is 1. The summed E-state index contributed by atoms with van der Waals surface area (Å²) in [6, 6.07) is 10.4. The molecule has 0 radical (unpaired) electrons. The van der Waals surface area contributed by atoms with Gasteiger partial charge in [0.15, 0.2) is 11.5 Å². The van der Waals surface area contributed by atoms with Crippen LogP contribution in [0.3, 0.4) is 0 Å². The highest BCUT2D eigenvalue weighted by Crippen LogP contribution is 2.31. The first-order valence-corrected chi connectivity index (χ1v) is 10.0. The molecule has 0 unspecified atom stereocenters. The molecular weight excluding hydrogens is 373 g/mol. The van der Waals surface area contributed by atoms with Crippen molar-refractivity contribution in [1.82, 2.24) is 4.31 Å². The maximum Gasteiger partial charge on any atom is 0.243 e. The van der Waals surface area contributed by atoms with E-state index in [2.05, 4.69) is 0 Å². The first-order valence-electron chi connectivity index (χ1n) is 8.58. The highest BCUT2D eigenvalue weighted by molar-refractivity contribution is 7.89. The minimum absolute atomic E-state index is 0.104. The normalized spacial score (nSPS) is 16.1. The second-order valence-corrected chi connectivity index (χ2v) is 8.13. The Morgan fingerprint density at radius 2 is 1.59 bits per heavy atom. The second kappa shape index (κ2) is 8.14. The van der Waals surface area contributed by atoms with E-state index in [0.717, 1.165) is 0 Å². The number of methoxy groups -OCH3 is 2. The van der Waals surface area contributed by atoms with Crippen LogP contribution in [0.5, 0.6) is 17.2 Å². The molecular formula is C19H22FNO5S. The fraction of sp³-hybridized carbons (Fsp3) is 0.368. The SMILES string of the molecule is COc1ccc(S(=O)(=O)N2CCC(Oc3ccc(F)cc3)CC2)cc1OC. The number of ether oxygens (including phenoxy) is 3. The first kappa shape index (κ1) is 19.4. The molecule has 0 aliphatic carbocycles. The number of hydrogen-bond donors (Lipinski definition) is 0. The van der Waals surface area contributed by atoms with E-state index in [1.807, 2.05) is 0 Å². The van der Waals surface area contributed by atoms with Crippen LogP contribution in [0.1, 0.15) is 12.8 Å². The topological polar surface area (TPSA) is 65.1 Å². The zero-order valence-corrected chi connectivity index (χ0v) is 16.0. The lowest BCUT2D eigenvalue weighted by Gasteiger charge is -2.31. The standard InChI is InChI=1S/C19H22FNO5S/c1-24-18-8-7-17(13-19(18)25-2)27(22,23)21-11-9-16(10-12-21)26-15-5-3-14(20)4-6-15/h3-8,13,16H,9-12H2,1-2H3. The van der Waals surface area contributed by atoms with Crippen LogP contribution in [0.25, 0.3) is 0 Å². The molecule has 3 rings (SSSR count). The maximum atomic E-state index is 13.0. The molecule has 2 aromatic rings. The van der Waals surface area contributed by atoms with Crippen molar-refractivity contribution < 1.29 is 27.0 Å². The monoisotopic (exact) mass is 395 g/mol. The Morgan fingerprint density at radius 3 is 2.19 bits per heavy atom. The van der Waals surface area contributed by atoms with Crippen molar-refractivity contribution in [2.45, 2.75) is 23.8 Å². The zero-order valence-electron chi connectivity index (χ0n) is 15.2. The van der Waals surface area contributed by atoms with Crippen molar-refractivity contribution in [2.75, 3.05) is 27.3 Å². The Balaban J connectivity index is 1.66. The molecule has 0 saturated carbocycles. The van der Waals surface area contributed by atoms with Gasteiger partial charge in [-0.1, -0.05) is 0 Å². The highest BCUT2D eigenvalue weighted by Gasteiger charge is 2.30. The van der Waals surface area contributed by atoms with Crippen LogP contribution >= 0.6 is 0 Å². The average Bonchev–Trinajstić information content (AvgIpc) is 2.69. The molecule has 0 bridgehead atoms. The summed E-state index contributed by atoms with van der Waals surface area (Å²) in [5.41, 5.74) is 0. The molecule has 1 saturated heterocycles. The molecule has 0 spiro atoms. The molecule has 1 aliphatic heterocycles. The summed E-state index contributed by atoms with van der Waals surface area (Å²) in [4.78, 5) is 0.165. The van der Waals surface area contributed by atoms with Crippen molar-refractivity contribution >= 4 is 10.0 Å². The van der Waals surface area contributed by atoms with Crippen molar-refractivity contribution in [3.8, 4) is 17.2 Å². The third-order valence-corrected chi connectivity index (χ3v) is 6.40. The predicted molar refractivity (Wildman–Crippen MR) is 98.4 cm³/mol. The number of hydrogen-bond acceptors (Lipinski definition) is 5. The van der Waals surface area contributed by atoms with E-state index < -0.39 is 10.0 Å². The van der Waals surface area contributed by atoms with Gasteiger partial charge >= 0.3 is 0 Å². The summed E-state index contributed by atoms with van der Waals surface area (Å²) in [5.74, 6) is 1.10. The smallest absolute Gasteiger partial charge is 0.243 e. The Labute approximate surface area is 158 Å². The van der Waals surface area contributed by atoms with Crippen LogP contribution in [0.15, 0.2) is 47.4 Å². The minimum atomic E-state index is -3.63. The fourth-order valence-corrected chi connectivity index (χ4v) is 4.51. The molecule has 8 heteroatoms. The van der Waals surface area contributed by atoms with Gasteiger partial charge in [0.25, 0.3) is 0 Å². The lowest BCUT2D eigenvalue weighted by atomic mass is 10.1. The van der Waals surface area contributed by atoms with E-state index in [9.17, 15) is 12.8 Å². The fourth-order valence-electron chi connectivity index (χ4n) is 3.02. The van der Waals surface area contributed by atoms with Crippen LogP contribution in [0, 0.1) is 5.82 Å². The molecule has 2 aromatic carbocycles. The van der Waals surface area contributed by atoms with Crippen molar-refractivity contribution in [3.63, 3.8) is 0 Å². The molecule has 1 aliphatic rings. The Bertz CT molecular complexity index is 877. The van der Waals surface area contributed by atoms with Gasteiger partial charge in [-0.05, 0) is 49.2 Å². The van der Waals surface area contributed by atoms with Gasteiger partial charge in [0, 0.05) is 19.2 Å². The average molecular weight is 395 g/mol. The van der Waals surface area contributed by atoms with E-state index >= 15 is 0 Å². The Hall–Kier alpha value is -2.32. The lowest BCUT2D eigenvalue weighted by Crippen LogP contribution is -2.41. The van der Waals surface area contributed by atoms with E-state index in [0.29, 0.717) is 43.2 Å². The van der Waals surface area contributed by atoms with Gasteiger partial charge in [-0.2, -0.15) is 4.31 Å². The van der Waals surface area contributed by atoms with Crippen molar-refractivity contribution in [3.05, 3.63) is 48.3 Å². The highest BCUT2D eigenvalue weighted by atomic mass is 32.2. The summed E-state index contributed by atoms with van der Waals surface area (Å²) in [6.45, 7) is 0.699. The van der Waals surface area contributed by atoms with Crippen molar-refractivity contribution in [1.29, 1.82) is 0 Å². The molecule has 0 N–H and O–H groups in total. The number of piperidine rings is 1. The molecule has 146 valence electrons. The van der Waals surface area contributed by atoms with Gasteiger partial charge in [-0.3, -0.25) is 0 Å². The van der Waals surface area contributed by atoms with Crippen LogP contribution in [-0.4, -0.2) is 46.1 Å². The lowest BCUT2D eigenvalue weighted by molar-refractivity contribution is 0.135. The number of rotatable bonds is 6. The van der Waals surface area contributed by atoms with Crippen molar-refractivity contribution in [2.24, 2.45) is 0 Å². The van der Waals surface area contributed by atoms with Crippen LogP contribution in [-0.2, 0) is 10.0 Å². The molecule has 27 heavy (non-hydrogen) atoms. The number of nitrogens with zero attached hydrogens (tertiary/aromatic N) is 1. The van der Waals surface area contributed by atoms with Crippen LogP contribution < -0.4 is 14.2 Å². The largest absolute Gasteiger partial charge is 0.493 e. The maximum absolute atomic E-state index is 13.0. The van der Waals surface area contributed by atoms with E-state index in [4.69, 9.17) is 14.2 Å². The van der Waals surface area contributed by atoms with Gasteiger partial charge in [0.05, 0.1) is 19.1 Å².